The highest BCUT2D eigenvalue weighted by molar-refractivity contribution is 7.11. The first kappa shape index (κ1) is 11.7. The van der Waals surface area contributed by atoms with Crippen LogP contribution in [-0.4, -0.2) is 18.1 Å². The van der Waals surface area contributed by atoms with Crippen LogP contribution in [0, 0.1) is 5.92 Å². The Balaban J connectivity index is 1.77. The van der Waals surface area contributed by atoms with Crippen LogP contribution in [0.4, 0.5) is 0 Å². The van der Waals surface area contributed by atoms with Crippen LogP contribution in [0.25, 0.3) is 0 Å². The quantitative estimate of drug-likeness (QED) is 0.872. The molecule has 2 nitrogen and oxygen atoms in total. The zero-order chi connectivity index (χ0) is 11.7. The smallest absolute Gasteiger partial charge is 0.0962 e. The normalized spacial score (nSPS) is 25.8. The van der Waals surface area contributed by atoms with E-state index >= 15 is 0 Å². The second kappa shape index (κ2) is 5.07. The Kier molecular flexibility index (Phi) is 3.48. The Morgan fingerprint density at radius 1 is 1.29 bits per heavy atom. The molecule has 1 aliphatic heterocycles. The molecule has 0 aromatic carbocycles. The number of hydrogen-bond donors (Lipinski definition) is 1. The fraction of sp³-hybridized carbons (Fsp3) is 0.786. The summed E-state index contributed by atoms with van der Waals surface area (Å²) in [5.74, 6) is 1.66. The highest BCUT2D eigenvalue weighted by atomic mass is 32.1. The van der Waals surface area contributed by atoms with Gasteiger partial charge >= 0.3 is 0 Å². The molecule has 1 N–H and O–H groups in total. The zero-order valence-electron chi connectivity index (χ0n) is 10.7. The predicted octanol–water partition coefficient (Wildman–Crippen LogP) is 3.13. The molecule has 1 saturated heterocycles. The Bertz CT molecular complexity index is 380. The van der Waals surface area contributed by atoms with Crippen molar-refractivity contribution in [3.63, 3.8) is 0 Å². The molecule has 0 spiro atoms. The number of nitrogens with zero attached hydrogens (tertiary/aromatic N) is 1. The maximum atomic E-state index is 4.93. The van der Waals surface area contributed by atoms with Crippen LogP contribution in [0.15, 0.2) is 0 Å². The van der Waals surface area contributed by atoms with E-state index in [4.69, 9.17) is 4.98 Å². The molecule has 0 radical (unpaired) electrons. The molecule has 1 aromatic rings. The van der Waals surface area contributed by atoms with E-state index in [1.165, 1.54) is 62.3 Å². The second-order valence-corrected chi connectivity index (χ2v) is 6.58. The van der Waals surface area contributed by atoms with Crippen molar-refractivity contribution in [2.75, 3.05) is 13.1 Å². The minimum Gasteiger partial charge on any atom is -0.317 e. The topological polar surface area (TPSA) is 24.9 Å². The molecule has 0 amide bonds. The summed E-state index contributed by atoms with van der Waals surface area (Å²) < 4.78 is 0. The third kappa shape index (κ3) is 2.41. The van der Waals surface area contributed by atoms with Gasteiger partial charge in [-0.25, -0.2) is 4.98 Å². The molecule has 2 aliphatic rings. The lowest BCUT2D eigenvalue weighted by Gasteiger charge is -2.20. The first-order valence-corrected chi connectivity index (χ1v) is 7.87. The lowest BCUT2D eigenvalue weighted by molar-refractivity contribution is 0.442. The van der Waals surface area contributed by atoms with Gasteiger partial charge in [0.2, 0.25) is 0 Å². The van der Waals surface area contributed by atoms with Crippen molar-refractivity contribution in [1.29, 1.82) is 0 Å². The molecule has 3 heteroatoms. The predicted molar refractivity (Wildman–Crippen MR) is 72.8 cm³/mol. The zero-order valence-corrected chi connectivity index (χ0v) is 11.5. The maximum absolute atomic E-state index is 4.93. The van der Waals surface area contributed by atoms with Crippen LogP contribution in [0.1, 0.15) is 54.1 Å². The van der Waals surface area contributed by atoms with Crippen molar-refractivity contribution in [3.05, 3.63) is 15.6 Å². The van der Waals surface area contributed by atoms with E-state index in [1.54, 1.807) is 4.88 Å². The molecule has 1 aliphatic carbocycles. The van der Waals surface area contributed by atoms with Crippen molar-refractivity contribution in [3.8, 4) is 0 Å². The summed E-state index contributed by atoms with van der Waals surface area (Å²) in [5.41, 5.74) is 1.44. The van der Waals surface area contributed by atoms with Crippen LogP contribution in [0.3, 0.4) is 0 Å². The third-order valence-electron chi connectivity index (χ3n) is 4.32. The Morgan fingerprint density at radius 2 is 2.12 bits per heavy atom. The first-order chi connectivity index (χ1) is 8.36. The number of aromatic nitrogens is 1. The molecule has 1 fully saturated rings. The van der Waals surface area contributed by atoms with Gasteiger partial charge in [-0.15, -0.1) is 11.3 Å². The van der Waals surface area contributed by atoms with E-state index in [0.29, 0.717) is 0 Å². The molecule has 0 bridgehead atoms. The van der Waals surface area contributed by atoms with Crippen LogP contribution in [0.5, 0.6) is 0 Å². The molecule has 2 heterocycles. The molecular weight excluding hydrogens is 228 g/mol. The van der Waals surface area contributed by atoms with Gasteiger partial charge in [-0.1, -0.05) is 13.3 Å². The Morgan fingerprint density at radius 3 is 2.88 bits per heavy atom. The minimum atomic E-state index is 0.743. The summed E-state index contributed by atoms with van der Waals surface area (Å²) in [6, 6.07) is 0. The highest BCUT2D eigenvalue weighted by Gasteiger charge is 2.25. The van der Waals surface area contributed by atoms with E-state index in [0.717, 1.165) is 11.8 Å². The summed E-state index contributed by atoms with van der Waals surface area (Å²) in [7, 11) is 0. The number of rotatable bonds is 2. The van der Waals surface area contributed by atoms with Gasteiger partial charge in [0.15, 0.2) is 0 Å². The fourth-order valence-electron chi connectivity index (χ4n) is 3.06. The second-order valence-electron chi connectivity index (χ2n) is 5.46. The fourth-order valence-corrected chi connectivity index (χ4v) is 4.45. The molecule has 94 valence electrons. The van der Waals surface area contributed by atoms with Crippen molar-refractivity contribution in [1.82, 2.24) is 10.3 Å². The lowest BCUT2D eigenvalue weighted by Crippen LogP contribution is -2.26. The molecule has 1 atom stereocenters. The lowest BCUT2D eigenvalue weighted by atomic mass is 9.89. The van der Waals surface area contributed by atoms with E-state index < -0.39 is 0 Å². The number of aryl methyl sites for hydroxylation is 1. The molecule has 17 heavy (non-hydrogen) atoms. The molecule has 1 unspecified atom stereocenters. The standard InChI is InChI=1S/C14H22N2S/c1-2-10-3-4-12-13(9-10)17-14(16-12)11-5-7-15-8-6-11/h10-11,15H,2-9H2,1H3. The van der Waals surface area contributed by atoms with Gasteiger partial charge in [0.25, 0.3) is 0 Å². The van der Waals surface area contributed by atoms with Crippen LogP contribution in [0.2, 0.25) is 0 Å². The van der Waals surface area contributed by atoms with Gasteiger partial charge in [0.1, 0.15) is 0 Å². The highest BCUT2D eigenvalue weighted by Crippen LogP contribution is 2.36. The third-order valence-corrected chi connectivity index (χ3v) is 5.61. The summed E-state index contributed by atoms with van der Waals surface area (Å²) >= 11 is 2.02. The van der Waals surface area contributed by atoms with Crippen LogP contribution in [-0.2, 0) is 12.8 Å². The van der Waals surface area contributed by atoms with Gasteiger partial charge < -0.3 is 5.32 Å². The van der Waals surface area contributed by atoms with Crippen LogP contribution >= 0.6 is 11.3 Å². The van der Waals surface area contributed by atoms with E-state index in [9.17, 15) is 0 Å². The number of piperidine rings is 1. The molecule has 1 aromatic heterocycles. The number of fused-ring (bicyclic) bond motifs is 1. The molecule has 3 rings (SSSR count). The van der Waals surface area contributed by atoms with Gasteiger partial charge in [-0.05, 0) is 51.1 Å². The molecular formula is C14H22N2S. The van der Waals surface area contributed by atoms with Crippen molar-refractivity contribution in [2.24, 2.45) is 5.92 Å². The molecule has 0 saturated carbocycles. The van der Waals surface area contributed by atoms with Crippen LogP contribution < -0.4 is 5.32 Å². The minimum absolute atomic E-state index is 0.743. The van der Waals surface area contributed by atoms with E-state index in [2.05, 4.69) is 12.2 Å². The largest absolute Gasteiger partial charge is 0.317 e. The average molecular weight is 250 g/mol. The summed E-state index contributed by atoms with van der Waals surface area (Å²) in [6.45, 7) is 4.67. The van der Waals surface area contributed by atoms with Gasteiger partial charge in [-0.2, -0.15) is 0 Å². The SMILES string of the molecule is CCC1CCc2nc(C3CCNCC3)sc2C1. The maximum Gasteiger partial charge on any atom is 0.0962 e. The van der Waals surface area contributed by atoms with Crippen molar-refractivity contribution in [2.45, 2.75) is 51.4 Å². The monoisotopic (exact) mass is 250 g/mol. The van der Waals surface area contributed by atoms with Gasteiger partial charge in [0, 0.05) is 10.8 Å². The van der Waals surface area contributed by atoms with Gasteiger partial charge in [-0.3, -0.25) is 0 Å². The summed E-state index contributed by atoms with van der Waals surface area (Å²) in [6.07, 6.45) is 7.79. The van der Waals surface area contributed by atoms with Crippen molar-refractivity contribution < 1.29 is 0 Å². The van der Waals surface area contributed by atoms with E-state index in [1.807, 2.05) is 11.3 Å². The number of thiazole rings is 1. The average Bonchev–Trinajstić information content (AvgIpc) is 2.82. The Hall–Kier alpha value is -0.410. The first-order valence-electron chi connectivity index (χ1n) is 7.06. The summed E-state index contributed by atoms with van der Waals surface area (Å²) in [5, 5.41) is 4.88. The Labute approximate surface area is 108 Å². The summed E-state index contributed by atoms with van der Waals surface area (Å²) in [4.78, 5) is 6.54. The van der Waals surface area contributed by atoms with Crippen molar-refractivity contribution >= 4 is 11.3 Å². The number of nitrogens with one attached hydrogen (secondary N) is 1. The van der Waals surface area contributed by atoms with E-state index in [-0.39, 0.29) is 0 Å². The van der Waals surface area contributed by atoms with Gasteiger partial charge in [0.05, 0.1) is 10.7 Å². The number of hydrogen-bond acceptors (Lipinski definition) is 3.